The average molecular weight is 323 g/mol. The molecule has 0 aliphatic carbocycles. The van der Waals surface area contributed by atoms with Gasteiger partial charge in [-0.05, 0) is 44.0 Å². The number of pyridine rings is 1. The van der Waals surface area contributed by atoms with E-state index >= 15 is 0 Å². The maximum Gasteiger partial charge on any atom is 0.0805 e. The minimum atomic E-state index is -0.0189. The number of aryl methyl sites for hydroxylation is 2. The van der Waals surface area contributed by atoms with Gasteiger partial charge in [0.05, 0.1) is 21.8 Å². The van der Waals surface area contributed by atoms with Gasteiger partial charge in [-0.25, -0.2) is 0 Å². The number of halogens is 2. The van der Waals surface area contributed by atoms with Crippen LogP contribution in [0.15, 0.2) is 30.5 Å². The fourth-order valence-electron chi connectivity index (χ4n) is 2.35. The summed E-state index contributed by atoms with van der Waals surface area (Å²) in [7, 11) is 0. The first-order valence-electron chi connectivity index (χ1n) is 7.14. The van der Waals surface area contributed by atoms with Gasteiger partial charge in [0.2, 0.25) is 0 Å². The van der Waals surface area contributed by atoms with E-state index in [1.165, 1.54) is 16.7 Å². The van der Waals surface area contributed by atoms with Crippen LogP contribution in [-0.2, 0) is 0 Å². The predicted molar refractivity (Wildman–Crippen MR) is 90.3 cm³/mol. The van der Waals surface area contributed by atoms with Crippen LogP contribution in [0, 0.1) is 13.8 Å². The Labute approximate surface area is 136 Å². The van der Waals surface area contributed by atoms with E-state index in [9.17, 15) is 0 Å². The highest BCUT2D eigenvalue weighted by atomic mass is 35.5. The van der Waals surface area contributed by atoms with Gasteiger partial charge in [-0.2, -0.15) is 0 Å². The van der Waals surface area contributed by atoms with Crippen molar-refractivity contribution < 1.29 is 0 Å². The lowest BCUT2D eigenvalue weighted by Gasteiger charge is -2.22. The van der Waals surface area contributed by atoms with E-state index in [1.807, 2.05) is 0 Å². The molecule has 1 atom stereocenters. The molecule has 0 saturated carbocycles. The van der Waals surface area contributed by atoms with Crippen molar-refractivity contribution in [3.63, 3.8) is 0 Å². The summed E-state index contributed by atoms with van der Waals surface area (Å²) in [5.41, 5.74) is 4.48. The Morgan fingerprint density at radius 1 is 1.19 bits per heavy atom. The van der Waals surface area contributed by atoms with Crippen molar-refractivity contribution in [1.82, 2.24) is 10.3 Å². The molecule has 0 spiro atoms. The predicted octanol–water partition coefficient (Wildman–Crippen LogP) is 5.09. The maximum atomic E-state index is 6.36. The van der Waals surface area contributed by atoms with E-state index in [-0.39, 0.29) is 6.04 Å². The lowest BCUT2D eigenvalue weighted by atomic mass is 9.96. The molecule has 21 heavy (non-hydrogen) atoms. The number of nitrogens with one attached hydrogen (secondary N) is 1. The van der Waals surface area contributed by atoms with E-state index in [2.05, 4.69) is 49.3 Å². The molecular formula is C17H20Cl2N2. The van der Waals surface area contributed by atoms with Crippen molar-refractivity contribution in [2.75, 3.05) is 6.54 Å². The van der Waals surface area contributed by atoms with Crippen molar-refractivity contribution in [1.29, 1.82) is 0 Å². The summed E-state index contributed by atoms with van der Waals surface area (Å²) in [6.45, 7) is 7.25. The molecule has 2 rings (SSSR count). The van der Waals surface area contributed by atoms with Crippen LogP contribution in [0.4, 0.5) is 0 Å². The van der Waals surface area contributed by atoms with E-state index in [0.29, 0.717) is 10.0 Å². The molecule has 4 heteroatoms. The van der Waals surface area contributed by atoms with Gasteiger partial charge in [0.25, 0.3) is 0 Å². The summed E-state index contributed by atoms with van der Waals surface area (Å²) in [6, 6.07) is 8.17. The van der Waals surface area contributed by atoms with Gasteiger partial charge in [-0.3, -0.25) is 4.98 Å². The minimum Gasteiger partial charge on any atom is -0.305 e. The quantitative estimate of drug-likeness (QED) is 0.828. The molecule has 112 valence electrons. The summed E-state index contributed by atoms with van der Waals surface area (Å²) in [5, 5.41) is 4.69. The molecule has 0 aliphatic rings. The smallest absolute Gasteiger partial charge is 0.0805 e. The van der Waals surface area contributed by atoms with Gasteiger partial charge in [0.1, 0.15) is 0 Å². The van der Waals surface area contributed by atoms with Crippen LogP contribution in [0.25, 0.3) is 0 Å². The largest absolute Gasteiger partial charge is 0.305 e. The zero-order valence-electron chi connectivity index (χ0n) is 12.6. The number of aromatic nitrogens is 1. The molecule has 2 aromatic rings. The first-order valence-corrected chi connectivity index (χ1v) is 7.90. The molecule has 0 fully saturated rings. The van der Waals surface area contributed by atoms with Gasteiger partial charge in [-0.1, -0.05) is 53.9 Å². The van der Waals surface area contributed by atoms with E-state index in [4.69, 9.17) is 23.2 Å². The zero-order chi connectivity index (χ0) is 15.4. The Morgan fingerprint density at radius 2 is 1.95 bits per heavy atom. The van der Waals surface area contributed by atoms with Crippen molar-refractivity contribution in [2.24, 2.45) is 0 Å². The van der Waals surface area contributed by atoms with Crippen LogP contribution in [-0.4, -0.2) is 11.5 Å². The van der Waals surface area contributed by atoms with Gasteiger partial charge < -0.3 is 5.32 Å². The van der Waals surface area contributed by atoms with Crippen molar-refractivity contribution in [2.45, 2.75) is 33.2 Å². The number of hydrogen-bond acceptors (Lipinski definition) is 2. The molecular weight excluding hydrogens is 303 g/mol. The van der Waals surface area contributed by atoms with Gasteiger partial charge >= 0.3 is 0 Å². The van der Waals surface area contributed by atoms with E-state index in [1.54, 1.807) is 12.3 Å². The van der Waals surface area contributed by atoms with Crippen LogP contribution >= 0.6 is 23.2 Å². The fourth-order valence-corrected chi connectivity index (χ4v) is 2.84. The number of rotatable bonds is 5. The summed E-state index contributed by atoms with van der Waals surface area (Å²) in [6.07, 6.45) is 2.70. The molecule has 0 radical (unpaired) electrons. The molecule has 0 bridgehead atoms. The van der Waals surface area contributed by atoms with Gasteiger partial charge in [-0.15, -0.1) is 0 Å². The second-order valence-electron chi connectivity index (χ2n) is 5.27. The van der Waals surface area contributed by atoms with Gasteiger partial charge in [0.15, 0.2) is 0 Å². The van der Waals surface area contributed by atoms with Crippen molar-refractivity contribution in [3.8, 4) is 0 Å². The standard InChI is InChI=1S/C17H20Cl2N2/c1-4-7-20-16(14-8-11(2)5-6-12(14)3)17-15(19)9-13(18)10-21-17/h5-6,8-10,16,20H,4,7H2,1-3H3. The Hall–Kier alpha value is -1.09. The molecule has 0 saturated heterocycles. The fraction of sp³-hybridized carbons (Fsp3) is 0.353. The topological polar surface area (TPSA) is 24.9 Å². The molecule has 0 amide bonds. The summed E-state index contributed by atoms with van der Waals surface area (Å²) in [4.78, 5) is 4.45. The third-order valence-electron chi connectivity index (χ3n) is 3.45. The number of hydrogen-bond donors (Lipinski definition) is 1. The molecule has 1 unspecified atom stereocenters. The van der Waals surface area contributed by atoms with Crippen LogP contribution in [0.1, 0.15) is 41.8 Å². The van der Waals surface area contributed by atoms with Crippen LogP contribution in [0.3, 0.4) is 0 Å². The molecule has 1 N–H and O–H groups in total. The molecule has 0 aliphatic heterocycles. The Balaban J connectivity index is 2.49. The highest BCUT2D eigenvalue weighted by Gasteiger charge is 2.20. The number of benzene rings is 1. The first kappa shape index (κ1) is 16.3. The maximum absolute atomic E-state index is 6.36. The molecule has 1 aromatic heterocycles. The third kappa shape index (κ3) is 3.97. The zero-order valence-corrected chi connectivity index (χ0v) is 14.1. The normalized spacial score (nSPS) is 12.4. The summed E-state index contributed by atoms with van der Waals surface area (Å²) in [5.74, 6) is 0. The van der Waals surface area contributed by atoms with E-state index in [0.717, 1.165) is 18.7 Å². The van der Waals surface area contributed by atoms with E-state index < -0.39 is 0 Å². The Morgan fingerprint density at radius 3 is 2.62 bits per heavy atom. The molecule has 2 nitrogen and oxygen atoms in total. The van der Waals surface area contributed by atoms with Crippen LogP contribution in [0.5, 0.6) is 0 Å². The first-order chi connectivity index (χ1) is 10.0. The number of nitrogens with zero attached hydrogens (tertiary/aromatic N) is 1. The van der Waals surface area contributed by atoms with Crippen molar-refractivity contribution in [3.05, 3.63) is 62.9 Å². The monoisotopic (exact) mass is 322 g/mol. The van der Waals surface area contributed by atoms with Crippen LogP contribution < -0.4 is 5.32 Å². The van der Waals surface area contributed by atoms with Crippen molar-refractivity contribution >= 4 is 23.2 Å². The highest BCUT2D eigenvalue weighted by molar-refractivity contribution is 6.34. The Bertz CT molecular complexity index is 626. The Kier molecular flexibility index (Phi) is 5.63. The SMILES string of the molecule is CCCNC(c1cc(C)ccc1C)c1ncc(Cl)cc1Cl. The minimum absolute atomic E-state index is 0.0189. The second kappa shape index (κ2) is 7.26. The molecule has 1 heterocycles. The summed E-state index contributed by atoms with van der Waals surface area (Å²) < 4.78 is 0. The summed E-state index contributed by atoms with van der Waals surface area (Å²) >= 11 is 12.3. The lowest BCUT2D eigenvalue weighted by molar-refractivity contribution is 0.584. The highest BCUT2D eigenvalue weighted by Crippen LogP contribution is 2.30. The van der Waals surface area contributed by atoms with Gasteiger partial charge in [0, 0.05) is 6.20 Å². The molecule has 1 aromatic carbocycles. The second-order valence-corrected chi connectivity index (χ2v) is 6.11. The third-order valence-corrected chi connectivity index (χ3v) is 3.96. The lowest BCUT2D eigenvalue weighted by Crippen LogP contribution is -2.25. The average Bonchev–Trinajstić information content (AvgIpc) is 2.44. The van der Waals surface area contributed by atoms with Crippen LogP contribution in [0.2, 0.25) is 10.0 Å².